The lowest BCUT2D eigenvalue weighted by Crippen LogP contribution is -2.35. The van der Waals surface area contributed by atoms with Crippen molar-refractivity contribution < 1.29 is 14.3 Å². The second-order valence-electron chi connectivity index (χ2n) is 6.55. The minimum Gasteiger partial charge on any atom is -0.494 e. The Bertz CT molecular complexity index is 888. The van der Waals surface area contributed by atoms with Crippen LogP contribution >= 0.6 is 0 Å². The number of aliphatic imine (C=N–C) groups is 1. The lowest BCUT2D eigenvalue weighted by Gasteiger charge is -2.28. The van der Waals surface area contributed by atoms with Gasteiger partial charge >= 0.3 is 0 Å². The third-order valence-corrected chi connectivity index (χ3v) is 4.91. The fourth-order valence-corrected chi connectivity index (χ4v) is 3.70. The summed E-state index contributed by atoms with van der Waals surface area (Å²) in [6.07, 6.45) is 8.55. The van der Waals surface area contributed by atoms with Crippen molar-refractivity contribution in [2.75, 3.05) is 6.61 Å². The van der Waals surface area contributed by atoms with Crippen LogP contribution in [-0.4, -0.2) is 24.1 Å². The fourth-order valence-electron chi connectivity index (χ4n) is 3.70. The van der Waals surface area contributed by atoms with Crippen LogP contribution in [0.25, 0.3) is 0 Å². The molecule has 1 unspecified atom stereocenters. The molecule has 0 saturated carbocycles. The van der Waals surface area contributed by atoms with Crippen LogP contribution < -0.4 is 10.1 Å². The molecule has 1 aliphatic heterocycles. The highest BCUT2D eigenvalue weighted by Crippen LogP contribution is 2.39. The normalized spacial score (nSPS) is 22.7. The van der Waals surface area contributed by atoms with Gasteiger partial charge in [-0.25, -0.2) is 4.99 Å². The van der Waals surface area contributed by atoms with E-state index in [2.05, 4.69) is 10.3 Å². The first-order valence-electron chi connectivity index (χ1n) is 8.94. The molecule has 2 amide bonds. The Balaban J connectivity index is 1.55. The highest BCUT2D eigenvalue weighted by atomic mass is 16.5. The van der Waals surface area contributed by atoms with Crippen LogP contribution in [0.3, 0.4) is 0 Å². The van der Waals surface area contributed by atoms with Crippen molar-refractivity contribution in [1.29, 1.82) is 0 Å². The van der Waals surface area contributed by atoms with Gasteiger partial charge in [-0.2, -0.15) is 0 Å². The summed E-state index contributed by atoms with van der Waals surface area (Å²) in [5.74, 6) is 0.521. The zero-order valence-electron chi connectivity index (χ0n) is 14.6. The van der Waals surface area contributed by atoms with E-state index in [1.54, 1.807) is 30.3 Å². The van der Waals surface area contributed by atoms with Gasteiger partial charge in [-0.05, 0) is 68.2 Å². The highest BCUT2D eigenvalue weighted by Gasteiger charge is 2.34. The predicted octanol–water partition coefficient (Wildman–Crippen LogP) is 3.35. The number of nitrogens with one attached hydrogen (secondary N) is 1. The number of ether oxygens (including phenoxy) is 1. The molecule has 0 spiro atoms. The first-order chi connectivity index (χ1) is 12.7. The molecule has 1 N–H and O–H groups in total. The van der Waals surface area contributed by atoms with E-state index >= 15 is 0 Å². The maximum atomic E-state index is 12.4. The molecule has 0 bridgehead atoms. The lowest BCUT2D eigenvalue weighted by molar-refractivity contribution is -0.117. The van der Waals surface area contributed by atoms with Gasteiger partial charge in [-0.15, -0.1) is 0 Å². The first-order valence-corrected chi connectivity index (χ1v) is 8.94. The second-order valence-corrected chi connectivity index (χ2v) is 6.55. The van der Waals surface area contributed by atoms with Gasteiger partial charge in [0.25, 0.3) is 11.8 Å². The number of amides is 2. The zero-order chi connectivity index (χ0) is 18.1. The molecule has 1 aromatic rings. The summed E-state index contributed by atoms with van der Waals surface area (Å²) in [7, 11) is 0. The number of carbonyl (C=O) groups is 2. The lowest BCUT2D eigenvalue weighted by atomic mass is 9.85. The molecular weight excluding hydrogens is 328 g/mol. The van der Waals surface area contributed by atoms with Crippen molar-refractivity contribution in [3.63, 3.8) is 0 Å². The largest absolute Gasteiger partial charge is 0.494 e. The Kier molecular flexibility index (Phi) is 4.29. The Hall–Kier alpha value is -2.95. The van der Waals surface area contributed by atoms with Crippen LogP contribution in [-0.2, 0) is 4.79 Å². The molecule has 5 nitrogen and oxygen atoms in total. The van der Waals surface area contributed by atoms with E-state index in [1.165, 1.54) is 5.57 Å². The standard InChI is InChI=1S/C21H20N2O3/c1-2-26-15-9-6-13(7-10-15)20(24)22-14-8-11-17-16-4-3-5-18(16)21(25)23-19(17)12-14/h6-12,17H,2-5H2,1H3,(H,23,25). The minimum atomic E-state index is -0.314. The summed E-state index contributed by atoms with van der Waals surface area (Å²) in [5, 5.41) is 2.96. The maximum absolute atomic E-state index is 12.4. The monoisotopic (exact) mass is 348 g/mol. The van der Waals surface area contributed by atoms with Crippen LogP contribution in [0.5, 0.6) is 5.75 Å². The van der Waals surface area contributed by atoms with Crippen molar-refractivity contribution in [1.82, 2.24) is 5.32 Å². The molecule has 0 aromatic heterocycles. The third-order valence-electron chi connectivity index (χ3n) is 4.91. The van der Waals surface area contributed by atoms with Crippen LogP contribution in [0.1, 0.15) is 36.5 Å². The summed E-state index contributed by atoms with van der Waals surface area (Å²) >= 11 is 0. The van der Waals surface area contributed by atoms with Crippen molar-refractivity contribution >= 4 is 17.5 Å². The van der Waals surface area contributed by atoms with Gasteiger partial charge < -0.3 is 10.1 Å². The number of nitrogens with zero attached hydrogens (tertiary/aromatic N) is 1. The van der Waals surface area contributed by atoms with E-state index in [9.17, 15) is 9.59 Å². The molecule has 0 saturated heterocycles. The maximum Gasteiger partial charge on any atom is 0.277 e. The summed E-state index contributed by atoms with van der Waals surface area (Å²) < 4.78 is 5.38. The van der Waals surface area contributed by atoms with Gasteiger partial charge in [0.1, 0.15) is 5.75 Å². The summed E-state index contributed by atoms with van der Waals surface area (Å²) in [5.41, 5.74) is 4.02. The second kappa shape index (κ2) is 6.75. The Morgan fingerprint density at radius 3 is 2.85 bits per heavy atom. The molecule has 0 fully saturated rings. The van der Waals surface area contributed by atoms with Crippen LogP contribution in [0, 0.1) is 5.92 Å². The Morgan fingerprint density at radius 2 is 2.08 bits per heavy atom. The summed E-state index contributed by atoms with van der Waals surface area (Å²) in [4.78, 5) is 28.8. The van der Waals surface area contributed by atoms with E-state index in [0.717, 1.165) is 36.3 Å². The Labute approximate surface area is 152 Å². The number of allylic oxidation sites excluding steroid dienone is 3. The average molecular weight is 348 g/mol. The Morgan fingerprint density at radius 1 is 1.27 bits per heavy atom. The molecule has 4 rings (SSSR count). The number of carbonyl (C=O) groups excluding carboxylic acids is 2. The van der Waals surface area contributed by atoms with Crippen molar-refractivity contribution in [3.8, 4) is 5.75 Å². The molecule has 1 heterocycles. The third kappa shape index (κ3) is 3.01. The fraction of sp³-hybridized carbons (Fsp3) is 0.286. The molecule has 3 aliphatic rings. The average Bonchev–Trinajstić information content (AvgIpc) is 3.13. The van der Waals surface area contributed by atoms with Gasteiger partial charge in [-0.3, -0.25) is 9.59 Å². The highest BCUT2D eigenvalue weighted by molar-refractivity contribution is 6.14. The van der Waals surface area contributed by atoms with E-state index in [1.807, 2.05) is 19.1 Å². The van der Waals surface area contributed by atoms with Crippen LogP contribution in [0.2, 0.25) is 0 Å². The van der Waals surface area contributed by atoms with Gasteiger partial charge in [0.2, 0.25) is 0 Å². The topological polar surface area (TPSA) is 67.8 Å². The zero-order valence-corrected chi connectivity index (χ0v) is 14.6. The molecule has 26 heavy (non-hydrogen) atoms. The van der Waals surface area contributed by atoms with Crippen molar-refractivity contribution in [2.45, 2.75) is 26.2 Å². The molecule has 0 radical (unpaired) electrons. The van der Waals surface area contributed by atoms with E-state index in [0.29, 0.717) is 17.9 Å². The quantitative estimate of drug-likeness (QED) is 0.911. The van der Waals surface area contributed by atoms with Crippen LogP contribution in [0.15, 0.2) is 64.3 Å². The smallest absolute Gasteiger partial charge is 0.277 e. The van der Waals surface area contributed by atoms with Gasteiger partial charge in [0.15, 0.2) is 0 Å². The minimum absolute atomic E-state index is 0.00695. The summed E-state index contributed by atoms with van der Waals surface area (Å²) in [6.45, 7) is 2.49. The molecule has 5 heteroatoms. The molecule has 1 aromatic carbocycles. The number of fused-ring (bicyclic) bond motifs is 2. The van der Waals surface area contributed by atoms with E-state index < -0.39 is 0 Å². The number of benzene rings is 1. The van der Waals surface area contributed by atoms with E-state index in [4.69, 9.17) is 4.74 Å². The summed E-state index contributed by atoms with van der Waals surface area (Å²) in [6, 6.07) is 6.94. The molecule has 2 aliphatic carbocycles. The number of hydrogen-bond acceptors (Lipinski definition) is 3. The van der Waals surface area contributed by atoms with Crippen molar-refractivity contribution in [2.24, 2.45) is 10.9 Å². The number of hydrogen-bond donors (Lipinski definition) is 1. The van der Waals surface area contributed by atoms with Gasteiger partial charge in [0, 0.05) is 22.8 Å². The predicted molar refractivity (Wildman–Crippen MR) is 99.1 cm³/mol. The molecular formula is C21H20N2O3. The van der Waals surface area contributed by atoms with Gasteiger partial charge in [0.05, 0.1) is 12.3 Å². The number of rotatable bonds is 3. The SMILES string of the molecule is CCOc1ccc(C(=O)N=C2C=CC3C(=C2)NC(=O)C2=C3CCC2)cc1. The molecule has 132 valence electrons. The van der Waals surface area contributed by atoms with Crippen molar-refractivity contribution in [3.05, 3.63) is 64.9 Å². The first kappa shape index (κ1) is 16.5. The van der Waals surface area contributed by atoms with Gasteiger partial charge in [-0.1, -0.05) is 6.08 Å². The molecule has 1 atom stereocenters. The van der Waals surface area contributed by atoms with Crippen LogP contribution in [0.4, 0.5) is 0 Å². The van der Waals surface area contributed by atoms with E-state index in [-0.39, 0.29) is 17.7 Å².